The molecule has 2 aromatic rings. The van der Waals surface area contributed by atoms with Gasteiger partial charge in [-0.2, -0.15) is 0 Å². The first-order chi connectivity index (χ1) is 11.8. The molecule has 2 aromatic carbocycles. The van der Waals surface area contributed by atoms with E-state index in [-0.39, 0.29) is 24.0 Å². The van der Waals surface area contributed by atoms with Crippen LogP contribution in [-0.2, 0) is 9.59 Å². The van der Waals surface area contributed by atoms with Crippen molar-refractivity contribution in [2.45, 2.75) is 13.8 Å². The van der Waals surface area contributed by atoms with Crippen LogP contribution in [0.5, 0.6) is 5.75 Å². The Morgan fingerprint density at radius 3 is 2.24 bits per heavy atom. The van der Waals surface area contributed by atoms with Crippen LogP contribution in [0.4, 0.5) is 17.1 Å². The molecule has 0 heterocycles. The molecule has 0 aliphatic carbocycles. The summed E-state index contributed by atoms with van der Waals surface area (Å²) in [6.45, 7) is 2.77. The molecule has 0 unspecified atom stereocenters. The molecule has 0 radical (unpaired) electrons. The molecule has 130 valence electrons. The van der Waals surface area contributed by atoms with Gasteiger partial charge in [0.1, 0.15) is 0 Å². The van der Waals surface area contributed by atoms with Gasteiger partial charge >= 0.3 is 5.69 Å². The minimum absolute atomic E-state index is 0.0340. The Labute approximate surface area is 144 Å². The molecule has 2 rings (SSSR count). The molecule has 8 heteroatoms. The summed E-state index contributed by atoms with van der Waals surface area (Å²) in [6, 6.07) is 11.0. The number of nitrogens with one attached hydrogen (secondary N) is 2. The van der Waals surface area contributed by atoms with Crippen LogP contribution in [0, 0.1) is 17.0 Å². The highest BCUT2D eigenvalue weighted by molar-refractivity contribution is 5.93. The van der Waals surface area contributed by atoms with Crippen LogP contribution in [0.3, 0.4) is 0 Å². The van der Waals surface area contributed by atoms with E-state index in [1.54, 1.807) is 37.3 Å². The van der Waals surface area contributed by atoms with Crippen molar-refractivity contribution in [2.75, 3.05) is 17.2 Å². The number of benzene rings is 2. The number of carbonyl (C=O) groups excluding carboxylic acids is 2. The van der Waals surface area contributed by atoms with Crippen LogP contribution < -0.4 is 15.4 Å². The molecule has 0 fully saturated rings. The van der Waals surface area contributed by atoms with Crippen molar-refractivity contribution in [2.24, 2.45) is 0 Å². The van der Waals surface area contributed by atoms with Gasteiger partial charge in [0.15, 0.2) is 12.4 Å². The number of carbonyl (C=O) groups is 2. The third kappa shape index (κ3) is 5.31. The Hall–Kier alpha value is -3.42. The van der Waals surface area contributed by atoms with Crippen molar-refractivity contribution in [1.82, 2.24) is 0 Å². The predicted octanol–water partition coefficient (Wildman–Crippen LogP) is 2.88. The number of aryl methyl sites for hydroxylation is 1. The first-order valence-electron chi connectivity index (χ1n) is 7.40. The van der Waals surface area contributed by atoms with Crippen molar-refractivity contribution in [3.8, 4) is 5.75 Å². The predicted molar refractivity (Wildman–Crippen MR) is 92.7 cm³/mol. The van der Waals surface area contributed by atoms with Crippen molar-refractivity contribution >= 4 is 28.9 Å². The summed E-state index contributed by atoms with van der Waals surface area (Å²) >= 11 is 0. The maximum atomic E-state index is 11.9. The average molecular weight is 343 g/mol. The van der Waals surface area contributed by atoms with E-state index in [1.165, 1.54) is 19.1 Å². The molecule has 0 bridgehead atoms. The van der Waals surface area contributed by atoms with Gasteiger partial charge in [-0.15, -0.1) is 0 Å². The molecular formula is C17H17N3O5. The number of hydrogen-bond acceptors (Lipinski definition) is 5. The topological polar surface area (TPSA) is 111 Å². The van der Waals surface area contributed by atoms with Gasteiger partial charge in [-0.1, -0.05) is 6.07 Å². The van der Waals surface area contributed by atoms with E-state index in [0.29, 0.717) is 11.4 Å². The molecule has 2 amide bonds. The lowest BCUT2D eigenvalue weighted by molar-refractivity contribution is -0.385. The van der Waals surface area contributed by atoms with Crippen LogP contribution in [0.2, 0.25) is 0 Å². The van der Waals surface area contributed by atoms with Gasteiger partial charge in [0, 0.05) is 24.4 Å². The number of nitro groups is 1. The number of amides is 2. The zero-order valence-electron chi connectivity index (χ0n) is 13.7. The Morgan fingerprint density at radius 1 is 1.08 bits per heavy atom. The highest BCUT2D eigenvalue weighted by Gasteiger charge is 2.16. The average Bonchev–Trinajstić information content (AvgIpc) is 2.55. The third-order valence-electron chi connectivity index (χ3n) is 3.16. The van der Waals surface area contributed by atoms with E-state index in [0.717, 1.165) is 5.56 Å². The normalized spacial score (nSPS) is 10.0. The van der Waals surface area contributed by atoms with E-state index in [2.05, 4.69) is 10.6 Å². The lowest BCUT2D eigenvalue weighted by Gasteiger charge is -2.09. The Balaban J connectivity index is 1.95. The summed E-state index contributed by atoms with van der Waals surface area (Å²) in [5, 5.41) is 16.2. The second-order valence-electron chi connectivity index (χ2n) is 5.32. The molecular weight excluding hydrogens is 326 g/mol. The van der Waals surface area contributed by atoms with Crippen LogP contribution in [-0.4, -0.2) is 23.3 Å². The molecule has 0 aliphatic rings. The van der Waals surface area contributed by atoms with Gasteiger partial charge < -0.3 is 15.4 Å². The van der Waals surface area contributed by atoms with Gasteiger partial charge in [0.05, 0.1) is 4.92 Å². The SMILES string of the molecule is CC(=O)Nc1ccc(NC(=O)COc2ccc(C)cc2[N+](=O)[O-])cc1. The Morgan fingerprint density at radius 2 is 1.68 bits per heavy atom. The molecule has 0 aliphatic heterocycles. The maximum absolute atomic E-state index is 11.9. The lowest BCUT2D eigenvalue weighted by atomic mass is 10.2. The fourth-order valence-electron chi connectivity index (χ4n) is 2.07. The summed E-state index contributed by atoms with van der Waals surface area (Å²) in [6.07, 6.45) is 0. The quantitative estimate of drug-likeness (QED) is 0.619. The van der Waals surface area contributed by atoms with Crippen LogP contribution in [0.25, 0.3) is 0 Å². The molecule has 2 N–H and O–H groups in total. The van der Waals surface area contributed by atoms with Crippen molar-refractivity contribution in [3.63, 3.8) is 0 Å². The molecule has 0 saturated carbocycles. The fourth-order valence-corrected chi connectivity index (χ4v) is 2.07. The summed E-state index contributed by atoms with van der Waals surface area (Å²) in [7, 11) is 0. The van der Waals surface area contributed by atoms with Gasteiger partial charge in [-0.05, 0) is 42.8 Å². The maximum Gasteiger partial charge on any atom is 0.311 e. The van der Waals surface area contributed by atoms with Crippen LogP contribution in [0.15, 0.2) is 42.5 Å². The van der Waals surface area contributed by atoms with Gasteiger partial charge in [-0.25, -0.2) is 0 Å². The first kappa shape index (κ1) is 17.9. The summed E-state index contributed by atoms with van der Waals surface area (Å²) in [5.74, 6) is -0.612. The van der Waals surface area contributed by atoms with Gasteiger partial charge in [-0.3, -0.25) is 19.7 Å². The number of hydrogen-bond donors (Lipinski definition) is 2. The molecule has 0 spiro atoms. The lowest BCUT2D eigenvalue weighted by Crippen LogP contribution is -2.20. The van der Waals surface area contributed by atoms with Gasteiger partial charge in [0.25, 0.3) is 5.91 Å². The zero-order chi connectivity index (χ0) is 18.4. The van der Waals surface area contributed by atoms with E-state index in [9.17, 15) is 19.7 Å². The van der Waals surface area contributed by atoms with E-state index >= 15 is 0 Å². The molecule has 0 aromatic heterocycles. The molecule has 0 atom stereocenters. The van der Waals surface area contributed by atoms with Crippen molar-refractivity contribution in [3.05, 3.63) is 58.1 Å². The van der Waals surface area contributed by atoms with E-state index in [4.69, 9.17) is 4.74 Å². The van der Waals surface area contributed by atoms with Gasteiger partial charge in [0.2, 0.25) is 5.91 Å². The summed E-state index contributed by atoms with van der Waals surface area (Å²) in [4.78, 5) is 33.3. The van der Waals surface area contributed by atoms with Crippen LogP contribution >= 0.6 is 0 Å². The summed E-state index contributed by atoms with van der Waals surface area (Å²) in [5.41, 5.74) is 1.66. The standard InChI is InChI=1S/C17H17N3O5/c1-11-3-8-16(15(9-11)20(23)24)25-10-17(22)19-14-6-4-13(5-7-14)18-12(2)21/h3-9H,10H2,1-2H3,(H,18,21)(H,19,22). The Kier molecular flexibility index (Phi) is 5.67. The monoisotopic (exact) mass is 343 g/mol. The van der Waals surface area contributed by atoms with Crippen molar-refractivity contribution < 1.29 is 19.2 Å². The number of anilines is 2. The minimum atomic E-state index is -0.555. The minimum Gasteiger partial charge on any atom is -0.477 e. The smallest absolute Gasteiger partial charge is 0.311 e. The van der Waals surface area contributed by atoms with E-state index < -0.39 is 10.8 Å². The molecule has 8 nitrogen and oxygen atoms in total. The number of nitrogens with zero attached hydrogens (tertiary/aromatic N) is 1. The second kappa shape index (κ2) is 7.91. The largest absolute Gasteiger partial charge is 0.477 e. The number of nitro benzene ring substituents is 1. The summed E-state index contributed by atoms with van der Waals surface area (Å²) < 4.78 is 5.25. The molecule has 25 heavy (non-hydrogen) atoms. The number of ether oxygens (including phenoxy) is 1. The highest BCUT2D eigenvalue weighted by Crippen LogP contribution is 2.27. The Bertz CT molecular complexity index is 802. The van der Waals surface area contributed by atoms with Crippen molar-refractivity contribution in [1.29, 1.82) is 0 Å². The second-order valence-corrected chi connectivity index (χ2v) is 5.32. The van der Waals surface area contributed by atoms with E-state index in [1.807, 2.05) is 0 Å². The van der Waals surface area contributed by atoms with Crippen LogP contribution in [0.1, 0.15) is 12.5 Å². The zero-order valence-corrected chi connectivity index (χ0v) is 13.7. The fraction of sp³-hybridized carbons (Fsp3) is 0.176. The third-order valence-corrected chi connectivity index (χ3v) is 3.16. The number of rotatable bonds is 6. The first-order valence-corrected chi connectivity index (χ1v) is 7.40. The molecule has 0 saturated heterocycles. The highest BCUT2D eigenvalue weighted by atomic mass is 16.6.